The fourth-order valence-corrected chi connectivity index (χ4v) is 4.36. The van der Waals surface area contributed by atoms with Gasteiger partial charge in [0.2, 0.25) is 11.8 Å². The molecule has 8 nitrogen and oxygen atoms in total. The van der Waals surface area contributed by atoms with Crippen molar-refractivity contribution in [2.45, 2.75) is 25.5 Å². The van der Waals surface area contributed by atoms with Crippen molar-refractivity contribution in [3.05, 3.63) is 76.4 Å². The molecule has 1 fully saturated rings. The number of rotatable bonds is 7. The summed E-state index contributed by atoms with van der Waals surface area (Å²) in [4.78, 5) is 42.3. The lowest BCUT2D eigenvalue weighted by atomic mass is 10.1. The zero-order valence-corrected chi connectivity index (χ0v) is 18.0. The minimum atomic E-state index is -0.675. The van der Waals surface area contributed by atoms with Crippen LogP contribution in [0.1, 0.15) is 17.5 Å². The maximum absolute atomic E-state index is 12.9. The summed E-state index contributed by atoms with van der Waals surface area (Å²) < 4.78 is 0. The molecule has 0 saturated carbocycles. The number of aryl methyl sites for hydroxylation is 2. The number of thioether (sulfide) groups is 1. The Morgan fingerprint density at radius 2 is 1.94 bits per heavy atom. The van der Waals surface area contributed by atoms with Crippen molar-refractivity contribution in [1.29, 1.82) is 0 Å². The number of carbonyl (C=O) groups is 2. The van der Waals surface area contributed by atoms with E-state index in [1.165, 1.54) is 34.9 Å². The number of benzene rings is 2. The smallest absolute Gasteiger partial charge is 0.292 e. The van der Waals surface area contributed by atoms with Crippen molar-refractivity contribution in [2.75, 3.05) is 11.9 Å². The Labute approximate surface area is 184 Å². The molecule has 0 bridgehead atoms. The van der Waals surface area contributed by atoms with E-state index in [9.17, 15) is 19.7 Å². The summed E-state index contributed by atoms with van der Waals surface area (Å²) in [6.07, 6.45) is 1.48. The summed E-state index contributed by atoms with van der Waals surface area (Å²) in [6.45, 7) is 7.87. The third-order valence-electron chi connectivity index (χ3n) is 4.72. The van der Waals surface area contributed by atoms with Crippen molar-refractivity contribution < 1.29 is 14.5 Å². The zero-order valence-electron chi connectivity index (χ0n) is 17.2. The average Bonchev–Trinajstić information content (AvgIpc) is 3.00. The van der Waals surface area contributed by atoms with Crippen LogP contribution in [0.15, 0.2) is 60.1 Å². The molecule has 0 radical (unpaired) electrons. The number of nitro groups is 1. The minimum Gasteiger partial charge on any atom is -0.320 e. The Hall–Kier alpha value is -3.46. The van der Waals surface area contributed by atoms with Gasteiger partial charge in [0.15, 0.2) is 5.17 Å². The number of hydrogen-bond acceptors (Lipinski definition) is 6. The Bertz CT molecular complexity index is 1060. The summed E-state index contributed by atoms with van der Waals surface area (Å²) in [5.74, 6) is -0.723. The number of aliphatic imine (C=N–C) groups is 1. The van der Waals surface area contributed by atoms with Crippen LogP contribution in [0.2, 0.25) is 0 Å². The van der Waals surface area contributed by atoms with Gasteiger partial charge in [0.25, 0.3) is 5.69 Å². The van der Waals surface area contributed by atoms with Crippen LogP contribution in [0.4, 0.5) is 17.1 Å². The molecule has 2 aromatic carbocycles. The first-order valence-electron chi connectivity index (χ1n) is 9.59. The van der Waals surface area contributed by atoms with Crippen LogP contribution in [0.25, 0.3) is 0 Å². The molecule has 2 amide bonds. The van der Waals surface area contributed by atoms with Crippen molar-refractivity contribution in [3.63, 3.8) is 0 Å². The highest BCUT2D eigenvalue weighted by Gasteiger charge is 2.39. The second-order valence-corrected chi connectivity index (χ2v) is 8.18. The number of amidine groups is 1. The van der Waals surface area contributed by atoms with Crippen LogP contribution >= 0.6 is 11.8 Å². The molecule has 0 spiro atoms. The average molecular weight is 439 g/mol. The Kier molecular flexibility index (Phi) is 6.86. The first kappa shape index (κ1) is 22.2. The molecule has 1 aliphatic rings. The lowest BCUT2D eigenvalue weighted by Gasteiger charge is -2.14. The standard InChI is InChI=1S/C22H22N4O4S/c1-4-12-25-21(28)18(31-22(25)24-20-14(2)8-7-9-15(20)3)13-19(27)23-16-10-5-6-11-17(16)26(29)30/h4-11,18H,1,12-13H2,2-3H3,(H,23,27)/t18-/m1/s1. The highest BCUT2D eigenvalue weighted by molar-refractivity contribution is 8.15. The molecular formula is C22H22N4O4S. The number of anilines is 1. The first-order valence-corrected chi connectivity index (χ1v) is 10.5. The van der Waals surface area contributed by atoms with E-state index in [0.717, 1.165) is 16.8 Å². The van der Waals surface area contributed by atoms with E-state index < -0.39 is 16.1 Å². The second kappa shape index (κ2) is 9.57. The monoisotopic (exact) mass is 438 g/mol. The molecule has 2 aromatic rings. The van der Waals surface area contributed by atoms with Gasteiger partial charge in [-0.3, -0.25) is 24.6 Å². The van der Waals surface area contributed by atoms with Crippen LogP contribution in [-0.4, -0.2) is 38.6 Å². The lowest BCUT2D eigenvalue weighted by Crippen LogP contribution is -2.33. The van der Waals surface area contributed by atoms with Crippen LogP contribution in [0.5, 0.6) is 0 Å². The van der Waals surface area contributed by atoms with Gasteiger partial charge in [-0.05, 0) is 31.0 Å². The molecule has 9 heteroatoms. The number of nitro benzene ring substituents is 1. The number of carbonyl (C=O) groups excluding carboxylic acids is 2. The van der Waals surface area contributed by atoms with Crippen molar-refractivity contribution in [1.82, 2.24) is 4.90 Å². The highest BCUT2D eigenvalue weighted by Crippen LogP contribution is 2.34. The maximum atomic E-state index is 12.9. The van der Waals surface area contributed by atoms with Crippen molar-refractivity contribution in [2.24, 2.45) is 4.99 Å². The van der Waals surface area contributed by atoms with Gasteiger partial charge in [0.05, 0.1) is 10.6 Å². The molecule has 0 aliphatic carbocycles. The third kappa shape index (κ3) is 5.00. The fraction of sp³-hybridized carbons (Fsp3) is 0.227. The van der Waals surface area contributed by atoms with E-state index in [-0.39, 0.29) is 30.2 Å². The normalized spacial score (nSPS) is 17.1. The highest BCUT2D eigenvalue weighted by atomic mass is 32.2. The number of nitrogens with zero attached hydrogens (tertiary/aromatic N) is 3. The molecule has 1 atom stereocenters. The van der Waals surface area contributed by atoms with E-state index in [2.05, 4.69) is 11.9 Å². The van der Waals surface area contributed by atoms with Gasteiger partial charge in [0, 0.05) is 19.0 Å². The van der Waals surface area contributed by atoms with Gasteiger partial charge in [-0.1, -0.05) is 48.2 Å². The van der Waals surface area contributed by atoms with Gasteiger partial charge >= 0.3 is 0 Å². The van der Waals surface area contributed by atoms with Crippen LogP contribution in [0, 0.1) is 24.0 Å². The molecule has 1 heterocycles. The molecule has 0 unspecified atom stereocenters. The van der Waals surface area contributed by atoms with Gasteiger partial charge in [-0.15, -0.1) is 6.58 Å². The SMILES string of the molecule is C=CCN1C(=O)[C@@H](CC(=O)Nc2ccccc2[N+](=O)[O-])SC1=Nc1c(C)cccc1C. The Balaban J connectivity index is 1.81. The van der Waals surface area contributed by atoms with Crippen LogP contribution in [0.3, 0.4) is 0 Å². The number of nitrogens with one attached hydrogen (secondary N) is 1. The molecule has 3 rings (SSSR count). The Morgan fingerprint density at radius 3 is 2.58 bits per heavy atom. The number of para-hydroxylation sites is 3. The molecule has 0 aromatic heterocycles. The predicted octanol–water partition coefficient (Wildman–Crippen LogP) is 4.36. The Morgan fingerprint density at radius 1 is 1.26 bits per heavy atom. The van der Waals surface area contributed by atoms with Crippen LogP contribution in [-0.2, 0) is 9.59 Å². The third-order valence-corrected chi connectivity index (χ3v) is 5.90. The number of amides is 2. The topological polar surface area (TPSA) is 105 Å². The summed E-state index contributed by atoms with van der Waals surface area (Å²) >= 11 is 1.21. The summed E-state index contributed by atoms with van der Waals surface area (Å²) in [5, 5.41) is 13.5. The van der Waals surface area contributed by atoms with E-state index in [1.807, 2.05) is 32.0 Å². The van der Waals surface area contributed by atoms with E-state index in [1.54, 1.807) is 12.1 Å². The van der Waals surface area contributed by atoms with Gasteiger partial charge in [-0.25, -0.2) is 4.99 Å². The molecule has 1 aliphatic heterocycles. The molecule has 160 valence electrons. The second-order valence-electron chi connectivity index (χ2n) is 7.01. The lowest BCUT2D eigenvalue weighted by molar-refractivity contribution is -0.383. The number of hydrogen-bond donors (Lipinski definition) is 1. The molecular weight excluding hydrogens is 416 g/mol. The summed E-state index contributed by atoms with van der Waals surface area (Å²) in [7, 11) is 0. The predicted molar refractivity (Wildman–Crippen MR) is 123 cm³/mol. The zero-order chi connectivity index (χ0) is 22.5. The van der Waals surface area contributed by atoms with Crippen LogP contribution < -0.4 is 5.32 Å². The minimum absolute atomic E-state index is 0.0975. The molecule has 31 heavy (non-hydrogen) atoms. The quantitative estimate of drug-likeness (QED) is 0.393. The largest absolute Gasteiger partial charge is 0.320 e. The van der Waals surface area contributed by atoms with Crippen molar-refractivity contribution in [3.8, 4) is 0 Å². The van der Waals surface area contributed by atoms with E-state index >= 15 is 0 Å². The molecule has 1 N–H and O–H groups in total. The summed E-state index contributed by atoms with van der Waals surface area (Å²) in [5.41, 5.74) is 2.65. The summed E-state index contributed by atoms with van der Waals surface area (Å²) in [6, 6.07) is 11.7. The fourth-order valence-electron chi connectivity index (χ4n) is 3.21. The van der Waals surface area contributed by atoms with Gasteiger partial charge in [0.1, 0.15) is 10.9 Å². The van der Waals surface area contributed by atoms with Gasteiger partial charge in [-0.2, -0.15) is 0 Å². The van der Waals surface area contributed by atoms with Crippen molar-refractivity contribution >= 4 is 45.8 Å². The van der Waals surface area contributed by atoms with E-state index in [0.29, 0.717) is 5.17 Å². The maximum Gasteiger partial charge on any atom is 0.292 e. The molecule has 1 saturated heterocycles. The van der Waals surface area contributed by atoms with E-state index in [4.69, 9.17) is 4.99 Å². The first-order chi connectivity index (χ1) is 14.8. The van der Waals surface area contributed by atoms with Gasteiger partial charge < -0.3 is 5.32 Å².